The van der Waals surface area contributed by atoms with Crippen LogP contribution in [-0.2, 0) is 17.8 Å². The molecule has 0 aliphatic rings. The molecule has 0 fully saturated rings. The number of halogens is 1. The van der Waals surface area contributed by atoms with Crippen molar-refractivity contribution in [3.63, 3.8) is 0 Å². The van der Waals surface area contributed by atoms with Crippen LogP contribution in [0.25, 0.3) is 0 Å². The smallest absolute Gasteiger partial charge is 0.275 e. The molecule has 0 bridgehead atoms. The number of carbonyl (C=O) groups is 1. The molecule has 0 aliphatic heterocycles. The SMILES string of the molecule is C[C@@H](CCc1ccccc1)NC(=O)C[NH+](C)Cc1ccc(F)cc1. The Morgan fingerprint density at radius 2 is 1.75 bits per heavy atom. The van der Waals surface area contributed by atoms with E-state index >= 15 is 0 Å². The Bertz CT molecular complexity index is 628. The number of carbonyl (C=O) groups excluding carboxylic acids is 1. The minimum absolute atomic E-state index is 0.0511. The van der Waals surface area contributed by atoms with Gasteiger partial charge in [-0.3, -0.25) is 4.79 Å². The van der Waals surface area contributed by atoms with Crippen molar-refractivity contribution in [2.45, 2.75) is 32.4 Å². The fourth-order valence-electron chi connectivity index (χ4n) is 2.71. The highest BCUT2D eigenvalue weighted by atomic mass is 19.1. The zero-order valence-electron chi connectivity index (χ0n) is 14.4. The zero-order chi connectivity index (χ0) is 17.4. The standard InChI is InChI=1S/C20H25FN2O/c1-16(8-9-17-6-4-3-5-7-17)22-20(24)15-23(2)14-18-10-12-19(21)13-11-18/h3-7,10-13,16H,8-9,14-15H2,1-2H3,(H,22,24)/p+1/t16-/m0/s1. The van der Waals surface area contributed by atoms with Gasteiger partial charge in [0, 0.05) is 11.6 Å². The van der Waals surface area contributed by atoms with Crippen LogP contribution in [0.3, 0.4) is 0 Å². The maximum atomic E-state index is 12.9. The van der Waals surface area contributed by atoms with Crippen molar-refractivity contribution >= 4 is 5.91 Å². The summed E-state index contributed by atoms with van der Waals surface area (Å²) in [5, 5.41) is 3.06. The Kier molecular flexibility index (Phi) is 6.94. The monoisotopic (exact) mass is 329 g/mol. The van der Waals surface area contributed by atoms with E-state index in [1.54, 1.807) is 12.1 Å². The van der Waals surface area contributed by atoms with Crippen molar-refractivity contribution in [2.24, 2.45) is 0 Å². The second-order valence-corrected chi connectivity index (χ2v) is 6.43. The summed E-state index contributed by atoms with van der Waals surface area (Å²) in [6.45, 7) is 3.15. The number of amides is 1. The average molecular weight is 329 g/mol. The molecule has 2 rings (SSSR count). The molecule has 2 aromatic rings. The van der Waals surface area contributed by atoms with Gasteiger partial charge in [-0.2, -0.15) is 0 Å². The minimum Gasteiger partial charge on any atom is -0.349 e. The van der Waals surface area contributed by atoms with Gasteiger partial charge in [0.15, 0.2) is 6.54 Å². The van der Waals surface area contributed by atoms with Gasteiger partial charge in [0.25, 0.3) is 5.91 Å². The van der Waals surface area contributed by atoms with E-state index in [2.05, 4.69) is 17.4 Å². The van der Waals surface area contributed by atoms with Gasteiger partial charge in [0.1, 0.15) is 12.4 Å². The number of rotatable bonds is 8. The topological polar surface area (TPSA) is 33.5 Å². The van der Waals surface area contributed by atoms with E-state index in [0.717, 1.165) is 23.3 Å². The molecule has 2 N–H and O–H groups in total. The zero-order valence-corrected chi connectivity index (χ0v) is 14.4. The maximum Gasteiger partial charge on any atom is 0.275 e. The van der Waals surface area contributed by atoms with E-state index in [4.69, 9.17) is 0 Å². The molecule has 3 nitrogen and oxygen atoms in total. The first kappa shape index (κ1) is 18.1. The fraction of sp³-hybridized carbons (Fsp3) is 0.350. The van der Waals surface area contributed by atoms with Crippen molar-refractivity contribution in [1.82, 2.24) is 5.32 Å². The third kappa shape index (κ3) is 6.50. The highest BCUT2D eigenvalue weighted by Crippen LogP contribution is 2.04. The van der Waals surface area contributed by atoms with Crippen molar-refractivity contribution in [1.29, 1.82) is 0 Å². The van der Waals surface area contributed by atoms with Crippen molar-refractivity contribution < 1.29 is 14.1 Å². The van der Waals surface area contributed by atoms with Crippen LogP contribution in [0.4, 0.5) is 4.39 Å². The quantitative estimate of drug-likeness (QED) is 0.763. The Labute approximate surface area is 143 Å². The van der Waals surface area contributed by atoms with E-state index in [9.17, 15) is 9.18 Å². The van der Waals surface area contributed by atoms with E-state index in [1.165, 1.54) is 17.7 Å². The van der Waals surface area contributed by atoms with Gasteiger partial charge in [-0.25, -0.2) is 4.39 Å². The van der Waals surface area contributed by atoms with Gasteiger partial charge in [-0.1, -0.05) is 42.5 Å². The second kappa shape index (κ2) is 9.18. The summed E-state index contributed by atoms with van der Waals surface area (Å²) in [4.78, 5) is 13.2. The molecule has 2 atom stereocenters. The highest BCUT2D eigenvalue weighted by molar-refractivity contribution is 5.77. The van der Waals surface area contributed by atoms with E-state index in [0.29, 0.717) is 13.1 Å². The lowest BCUT2D eigenvalue weighted by Crippen LogP contribution is -3.09. The number of benzene rings is 2. The first-order chi connectivity index (χ1) is 11.5. The van der Waals surface area contributed by atoms with Gasteiger partial charge >= 0.3 is 0 Å². The molecule has 1 amide bonds. The van der Waals surface area contributed by atoms with E-state index in [1.807, 2.05) is 32.2 Å². The van der Waals surface area contributed by atoms with E-state index in [-0.39, 0.29) is 17.8 Å². The van der Waals surface area contributed by atoms with Crippen LogP contribution in [-0.4, -0.2) is 25.5 Å². The molecule has 1 unspecified atom stereocenters. The highest BCUT2D eigenvalue weighted by Gasteiger charge is 2.13. The third-order valence-electron chi connectivity index (χ3n) is 4.00. The van der Waals surface area contributed by atoms with Crippen LogP contribution in [0.5, 0.6) is 0 Å². The summed E-state index contributed by atoms with van der Waals surface area (Å²) >= 11 is 0. The van der Waals surface area contributed by atoms with E-state index < -0.39 is 0 Å². The molecule has 4 heteroatoms. The second-order valence-electron chi connectivity index (χ2n) is 6.43. The number of aryl methyl sites for hydroxylation is 1. The van der Waals surface area contributed by atoms with Crippen LogP contribution in [0.15, 0.2) is 54.6 Å². The predicted molar refractivity (Wildman–Crippen MR) is 94.2 cm³/mol. The van der Waals surface area contributed by atoms with Gasteiger partial charge < -0.3 is 10.2 Å². The molecule has 0 spiro atoms. The van der Waals surface area contributed by atoms with Crippen molar-refractivity contribution in [3.8, 4) is 0 Å². The van der Waals surface area contributed by atoms with Crippen molar-refractivity contribution in [2.75, 3.05) is 13.6 Å². The molecular formula is C20H26FN2O+. The molecule has 0 aromatic heterocycles. The fourth-order valence-corrected chi connectivity index (χ4v) is 2.71. The Morgan fingerprint density at radius 3 is 2.42 bits per heavy atom. The summed E-state index contributed by atoms with van der Waals surface area (Å²) in [5.74, 6) is -0.184. The number of hydrogen-bond donors (Lipinski definition) is 2. The van der Waals surface area contributed by atoms with Crippen LogP contribution in [0.2, 0.25) is 0 Å². The summed E-state index contributed by atoms with van der Waals surface area (Å²) in [5.41, 5.74) is 2.32. The van der Waals surface area contributed by atoms with Crippen molar-refractivity contribution in [3.05, 3.63) is 71.5 Å². The van der Waals surface area contributed by atoms with Gasteiger partial charge in [0.2, 0.25) is 0 Å². The molecule has 0 heterocycles. The normalized spacial score (nSPS) is 13.3. The molecule has 2 aromatic carbocycles. The third-order valence-corrected chi connectivity index (χ3v) is 4.00. The molecule has 0 saturated carbocycles. The lowest BCUT2D eigenvalue weighted by molar-refractivity contribution is -0.885. The number of nitrogens with one attached hydrogen (secondary N) is 2. The summed E-state index contributed by atoms with van der Waals surface area (Å²) in [6.07, 6.45) is 1.88. The molecule has 0 aliphatic carbocycles. The minimum atomic E-state index is -0.235. The molecule has 128 valence electrons. The number of likely N-dealkylation sites (N-methyl/N-ethyl adjacent to an activating group) is 1. The molecule has 0 radical (unpaired) electrons. The summed E-state index contributed by atoms with van der Waals surface area (Å²) in [6, 6.07) is 16.9. The first-order valence-corrected chi connectivity index (χ1v) is 8.42. The Hall–Kier alpha value is -2.20. The molecular weight excluding hydrogens is 303 g/mol. The van der Waals surface area contributed by atoms with Crippen LogP contribution >= 0.6 is 0 Å². The Balaban J connectivity index is 1.70. The maximum absolute atomic E-state index is 12.9. The Morgan fingerprint density at radius 1 is 1.08 bits per heavy atom. The van der Waals surface area contributed by atoms with Gasteiger partial charge in [-0.05, 0) is 37.5 Å². The van der Waals surface area contributed by atoms with Gasteiger partial charge in [-0.15, -0.1) is 0 Å². The van der Waals surface area contributed by atoms with Gasteiger partial charge in [0.05, 0.1) is 7.05 Å². The van der Waals surface area contributed by atoms with Crippen LogP contribution < -0.4 is 10.2 Å². The van der Waals surface area contributed by atoms with Crippen LogP contribution in [0.1, 0.15) is 24.5 Å². The predicted octanol–water partition coefficient (Wildman–Crippen LogP) is 1.98. The van der Waals surface area contributed by atoms with Crippen LogP contribution in [0, 0.1) is 5.82 Å². The number of quaternary nitrogens is 1. The lowest BCUT2D eigenvalue weighted by Gasteiger charge is -2.17. The lowest BCUT2D eigenvalue weighted by atomic mass is 10.1. The average Bonchev–Trinajstić information content (AvgIpc) is 2.56. The molecule has 0 saturated heterocycles. The summed E-state index contributed by atoms with van der Waals surface area (Å²) < 4.78 is 12.9. The largest absolute Gasteiger partial charge is 0.349 e. The number of hydrogen-bond acceptors (Lipinski definition) is 1. The first-order valence-electron chi connectivity index (χ1n) is 8.42. The summed E-state index contributed by atoms with van der Waals surface area (Å²) in [7, 11) is 1.97. The molecule has 24 heavy (non-hydrogen) atoms.